The molecule has 2 aliphatic rings. The maximum Gasteiger partial charge on any atom is 0.411 e. The van der Waals surface area contributed by atoms with Crippen molar-refractivity contribution in [2.24, 2.45) is 0 Å². The Bertz CT molecular complexity index is 1360. The van der Waals surface area contributed by atoms with Crippen molar-refractivity contribution in [2.45, 2.75) is 44.1 Å². The minimum Gasteiger partial charge on any atom is -0.444 e. The molecular weight excluding hydrogens is 468 g/mol. The Hall–Kier alpha value is -4.05. The molecule has 4 aromatic rings. The predicted octanol–water partition coefficient (Wildman–Crippen LogP) is 7.66. The highest BCUT2D eigenvalue weighted by Crippen LogP contribution is 2.54. The van der Waals surface area contributed by atoms with Crippen molar-refractivity contribution in [1.29, 1.82) is 0 Å². The Labute approximate surface area is 225 Å². The SMILES string of the molecule is CC1(c2ccccc2)CCN2CCC(C)(c3ccccc3)c3cc(NC(=O)OCc4ccccc4)cc1c32. The number of anilines is 2. The topological polar surface area (TPSA) is 41.6 Å². The molecule has 0 saturated heterocycles. The monoisotopic (exact) mass is 502 g/mol. The minimum absolute atomic E-state index is 0.164. The van der Waals surface area contributed by atoms with Crippen LogP contribution in [0.2, 0.25) is 0 Å². The summed E-state index contributed by atoms with van der Waals surface area (Å²) in [5, 5.41) is 3.07. The Balaban J connectivity index is 1.45. The molecule has 2 heterocycles. The lowest BCUT2D eigenvalue weighted by molar-refractivity contribution is 0.155. The fraction of sp³-hybridized carbons (Fsp3) is 0.265. The van der Waals surface area contributed by atoms with Crippen LogP contribution in [0.1, 0.15) is 54.5 Å². The van der Waals surface area contributed by atoms with Gasteiger partial charge in [-0.25, -0.2) is 4.79 Å². The van der Waals surface area contributed by atoms with Crippen molar-refractivity contribution in [3.05, 3.63) is 131 Å². The predicted molar refractivity (Wildman–Crippen MR) is 154 cm³/mol. The zero-order valence-electron chi connectivity index (χ0n) is 22.1. The van der Waals surface area contributed by atoms with Crippen LogP contribution >= 0.6 is 0 Å². The molecule has 2 aliphatic heterocycles. The third kappa shape index (κ3) is 4.24. The van der Waals surface area contributed by atoms with Gasteiger partial charge in [-0.15, -0.1) is 0 Å². The third-order valence-electron chi connectivity index (χ3n) is 8.66. The van der Waals surface area contributed by atoms with E-state index in [1.165, 1.54) is 27.9 Å². The zero-order valence-corrected chi connectivity index (χ0v) is 22.1. The summed E-state index contributed by atoms with van der Waals surface area (Å²) in [5.74, 6) is 0. The van der Waals surface area contributed by atoms with Gasteiger partial charge in [0.15, 0.2) is 0 Å². The summed E-state index contributed by atoms with van der Waals surface area (Å²) in [6.07, 6.45) is 1.60. The van der Waals surface area contributed by atoms with Gasteiger partial charge in [0, 0.05) is 35.3 Å². The fourth-order valence-electron chi connectivity index (χ4n) is 6.30. The first-order valence-electron chi connectivity index (χ1n) is 13.5. The molecule has 1 N–H and O–H groups in total. The van der Waals surface area contributed by atoms with Crippen molar-refractivity contribution in [3.63, 3.8) is 0 Å². The molecule has 4 heteroatoms. The molecule has 0 spiro atoms. The van der Waals surface area contributed by atoms with Crippen LogP contribution in [-0.2, 0) is 22.2 Å². The van der Waals surface area contributed by atoms with Crippen LogP contribution in [0.5, 0.6) is 0 Å². The Morgan fingerprint density at radius 1 is 0.763 bits per heavy atom. The molecule has 0 fully saturated rings. The quantitative estimate of drug-likeness (QED) is 0.305. The average Bonchev–Trinajstić information content (AvgIpc) is 2.97. The lowest BCUT2D eigenvalue weighted by Crippen LogP contribution is -2.47. The van der Waals surface area contributed by atoms with Crippen molar-refractivity contribution in [3.8, 4) is 0 Å². The van der Waals surface area contributed by atoms with E-state index in [2.05, 4.69) is 96.9 Å². The third-order valence-corrected chi connectivity index (χ3v) is 8.66. The van der Waals surface area contributed by atoms with Gasteiger partial charge in [0.05, 0.1) is 0 Å². The van der Waals surface area contributed by atoms with Crippen molar-refractivity contribution in [2.75, 3.05) is 23.3 Å². The number of nitrogens with zero attached hydrogens (tertiary/aromatic N) is 1. The number of benzene rings is 4. The van der Waals surface area contributed by atoms with Gasteiger partial charge < -0.3 is 9.64 Å². The molecule has 1 amide bonds. The summed E-state index contributed by atoms with van der Waals surface area (Å²) in [6, 6.07) is 35.7. The first kappa shape index (κ1) is 24.3. The van der Waals surface area contributed by atoms with Gasteiger partial charge in [-0.3, -0.25) is 5.32 Å². The molecule has 6 rings (SSSR count). The summed E-state index contributed by atoms with van der Waals surface area (Å²) >= 11 is 0. The van der Waals surface area contributed by atoms with E-state index in [0.717, 1.165) is 37.2 Å². The average molecular weight is 503 g/mol. The van der Waals surface area contributed by atoms with E-state index in [-0.39, 0.29) is 17.4 Å². The van der Waals surface area contributed by atoms with Gasteiger partial charge in [-0.1, -0.05) is 105 Å². The molecule has 0 aromatic heterocycles. The van der Waals surface area contributed by atoms with Gasteiger partial charge in [0.25, 0.3) is 0 Å². The largest absolute Gasteiger partial charge is 0.444 e. The van der Waals surface area contributed by atoms with Gasteiger partial charge >= 0.3 is 6.09 Å². The normalized spacial score (nSPS) is 21.9. The van der Waals surface area contributed by atoms with Crippen LogP contribution in [-0.4, -0.2) is 19.2 Å². The Morgan fingerprint density at radius 2 is 1.24 bits per heavy atom. The van der Waals surface area contributed by atoms with E-state index < -0.39 is 6.09 Å². The van der Waals surface area contributed by atoms with Crippen LogP contribution in [0, 0.1) is 0 Å². The Morgan fingerprint density at radius 3 is 1.74 bits per heavy atom. The first-order valence-corrected chi connectivity index (χ1v) is 13.5. The minimum atomic E-state index is -0.438. The maximum absolute atomic E-state index is 13.0. The van der Waals surface area contributed by atoms with E-state index in [4.69, 9.17) is 4.74 Å². The second kappa shape index (κ2) is 9.68. The van der Waals surface area contributed by atoms with E-state index in [1.54, 1.807) is 0 Å². The lowest BCUT2D eigenvalue weighted by Gasteiger charge is -2.50. The van der Waals surface area contributed by atoms with E-state index >= 15 is 0 Å². The van der Waals surface area contributed by atoms with Crippen LogP contribution in [0.3, 0.4) is 0 Å². The van der Waals surface area contributed by atoms with E-state index in [1.807, 2.05) is 30.3 Å². The summed E-state index contributed by atoms with van der Waals surface area (Å²) in [7, 11) is 0. The number of hydrogen-bond donors (Lipinski definition) is 1. The molecule has 4 nitrogen and oxygen atoms in total. The standard InChI is InChI=1S/C34H34N2O2/c1-33(26-14-8-4-9-15-26)18-20-36-21-19-34(2,27-16-10-5-11-17-27)30-23-28(22-29(33)31(30)36)35-32(37)38-24-25-12-6-3-7-13-25/h3-17,22-23H,18-21,24H2,1-2H3,(H,35,37). The number of carbonyl (C=O) groups excluding carboxylic acids is 1. The number of rotatable bonds is 5. The summed E-state index contributed by atoms with van der Waals surface area (Å²) in [5.41, 5.74) is 7.89. The summed E-state index contributed by atoms with van der Waals surface area (Å²) in [4.78, 5) is 15.5. The van der Waals surface area contributed by atoms with Gasteiger partial charge in [0.2, 0.25) is 0 Å². The van der Waals surface area contributed by atoms with Crippen molar-refractivity contribution in [1.82, 2.24) is 0 Å². The van der Waals surface area contributed by atoms with E-state index in [0.29, 0.717) is 0 Å². The van der Waals surface area contributed by atoms with Gasteiger partial charge in [-0.05, 0) is 52.8 Å². The molecule has 2 unspecified atom stereocenters. The van der Waals surface area contributed by atoms with Gasteiger partial charge in [-0.2, -0.15) is 0 Å². The van der Waals surface area contributed by atoms with Crippen molar-refractivity contribution >= 4 is 17.5 Å². The Kier molecular flexibility index (Phi) is 6.19. The van der Waals surface area contributed by atoms with Crippen LogP contribution in [0.4, 0.5) is 16.2 Å². The number of hydrogen-bond acceptors (Lipinski definition) is 3. The molecule has 0 bridgehead atoms. The summed E-state index contributed by atoms with van der Waals surface area (Å²) < 4.78 is 5.60. The zero-order chi connectivity index (χ0) is 26.2. The second-order valence-electron chi connectivity index (χ2n) is 11.0. The summed E-state index contributed by atoms with van der Waals surface area (Å²) in [6.45, 7) is 6.97. The lowest BCUT2D eigenvalue weighted by atomic mass is 9.64. The number of ether oxygens (including phenoxy) is 1. The molecule has 2 atom stereocenters. The highest BCUT2D eigenvalue weighted by atomic mass is 16.5. The number of amides is 1. The number of nitrogens with one attached hydrogen (secondary N) is 1. The fourth-order valence-corrected chi connectivity index (χ4v) is 6.30. The van der Waals surface area contributed by atoms with Crippen molar-refractivity contribution < 1.29 is 9.53 Å². The van der Waals surface area contributed by atoms with Gasteiger partial charge in [0.1, 0.15) is 6.61 Å². The highest BCUT2D eigenvalue weighted by molar-refractivity contribution is 5.87. The van der Waals surface area contributed by atoms with Crippen LogP contribution < -0.4 is 10.2 Å². The molecule has 4 aromatic carbocycles. The first-order chi connectivity index (χ1) is 18.5. The highest BCUT2D eigenvalue weighted by Gasteiger charge is 2.45. The number of carbonyl (C=O) groups is 1. The maximum atomic E-state index is 13.0. The molecule has 192 valence electrons. The molecule has 0 radical (unpaired) electrons. The molecule has 0 aliphatic carbocycles. The second-order valence-corrected chi connectivity index (χ2v) is 11.0. The van der Waals surface area contributed by atoms with Crippen LogP contribution in [0.25, 0.3) is 0 Å². The smallest absolute Gasteiger partial charge is 0.411 e. The van der Waals surface area contributed by atoms with E-state index in [9.17, 15) is 4.79 Å². The molecule has 38 heavy (non-hydrogen) atoms. The molecular formula is C34H34N2O2. The molecule has 0 saturated carbocycles. The van der Waals surface area contributed by atoms with Crippen LogP contribution in [0.15, 0.2) is 103 Å².